The lowest BCUT2D eigenvalue weighted by Gasteiger charge is -2.20. The van der Waals surface area contributed by atoms with Gasteiger partial charge in [-0.1, -0.05) is 12.1 Å². The Morgan fingerprint density at radius 2 is 2.05 bits per heavy atom. The van der Waals surface area contributed by atoms with Crippen molar-refractivity contribution in [3.05, 3.63) is 29.8 Å². The minimum atomic E-state index is -0.940. The summed E-state index contributed by atoms with van der Waals surface area (Å²) in [5.41, 5.74) is 0.602. The zero-order valence-electron chi connectivity index (χ0n) is 12.0. The number of ether oxygens (including phenoxy) is 1. The molecule has 6 heteroatoms. The maximum atomic E-state index is 11.8. The standard InChI is InChI=1S/C15H20N2O4/c1-11(18)17-13-4-2-12(3-5-13)8-14(19)16-9-15(20)6-7-21-10-15/h2-5,20H,6-10H2,1H3,(H,16,19)(H,17,18). The molecule has 0 spiro atoms. The highest BCUT2D eigenvalue weighted by atomic mass is 16.5. The topological polar surface area (TPSA) is 87.7 Å². The molecule has 1 atom stereocenters. The first-order valence-corrected chi connectivity index (χ1v) is 6.90. The largest absolute Gasteiger partial charge is 0.386 e. The lowest BCUT2D eigenvalue weighted by molar-refractivity contribution is -0.121. The van der Waals surface area contributed by atoms with Crippen LogP contribution in [0.3, 0.4) is 0 Å². The lowest BCUT2D eigenvalue weighted by Crippen LogP contribution is -2.43. The minimum Gasteiger partial charge on any atom is -0.386 e. The van der Waals surface area contributed by atoms with Gasteiger partial charge in [0.15, 0.2) is 0 Å². The Labute approximate surface area is 123 Å². The van der Waals surface area contributed by atoms with Gasteiger partial charge in [-0.25, -0.2) is 0 Å². The average molecular weight is 292 g/mol. The number of anilines is 1. The van der Waals surface area contributed by atoms with E-state index in [0.717, 1.165) is 5.56 Å². The molecule has 1 unspecified atom stereocenters. The van der Waals surface area contributed by atoms with Crippen LogP contribution in [-0.4, -0.2) is 42.3 Å². The molecule has 1 heterocycles. The Kier molecular flexibility index (Phi) is 4.93. The van der Waals surface area contributed by atoms with E-state index in [9.17, 15) is 14.7 Å². The number of rotatable bonds is 5. The van der Waals surface area contributed by atoms with Gasteiger partial charge in [0, 0.05) is 32.2 Å². The molecule has 1 fully saturated rings. The van der Waals surface area contributed by atoms with Crippen LogP contribution in [0.25, 0.3) is 0 Å². The molecule has 21 heavy (non-hydrogen) atoms. The maximum absolute atomic E-state index is 11.8. The molecule has 0 aliphatic carbocycles. The van der Waals surface area contributed by atoms with Crippen molar-refractivity contribution in [2.45, 2.75) is 25.4 Å². The Morgan fingerprint density at radius 1 is 1.33 bits per heavy atom. The predicted octanol–water partition coefficient (Wildman–Crippen LogP) is 0.455. The highest BCUT2D eigenvalue weighted by Gasteiger charge is 2.32. The summed E-state index contributed by atoms with van der Waals surface area (Å²) in [4.78, 5) is 22.7. The molecule has 1 aliphatic heterocycles. The van der Waals surface area contributed by atoms with Crippen molar-refractivity contribution in [1.82, 2.24) is 5.32 Å². The van der Waals surface area contributed by atoms with Crippen LogP contribution >= 0.6 is 0 Å². The lowest BCUT2D eigenvalue weighted by atomic mass is 10.0. The predicted molar refractivity (Wildman–Crippen MR) is 77.8 cm³/mol. The van der Waals surface area contributed by atoms with Gasteiger partial charge in [0.05, 0.1) is 13.0 Å². The number of carbonyl (C=O) groups excluding carboxylic acids is 2. The number of carbonyl (C=O) groups is 2. The van der Waals surface area contributed by atoms with Crippen LogP contribution in [0.2, 0.25) is 0 Å². The molecule has 2 rings (SSSR count). The van der Waals surface area contributed by atoms with Gasteiger partial charge in [0.25, 0.3) is 0 Å². The summed E-state index contributed by atoms with van der Waals surface area (Å²) in [6.07, 6.45) is 0.774. The molecule has 1 aliphatic rings. The smallest absolute Gasteiger partial charge is 0.224 e. The molecule has 114 valence electrons. The first-order chi connectivity index (χ1) is 9.97. The van der Waals surface area contributed by atoms with Crippen LogP contribution in [0.1, 0.15) is 18.9 Å². The van der Waals surface area contributed by atoms with Gasteiger partial charge in [-0.3, -0.25) is 9.59 Å². The molecular formula is C15H20N2O4. The molecule has 0 radical (unpaired) electrons. The molecular weight excluding hydrogens is 272 g/mol. The summed E-state index contributed by atoms with van der Waals surface area (Å²) in [6.45, 7) is 2.43. The van der Waals surface area contributed by atoms with Crippen molar-refractivity contribution in [2.75, 3.05) is 25.1 Å². The number of nitrogens with one attached hydrogen (secondary N) is 2. The Balaban J connectivity index is 1.80. The third-order valence-electron chi connectivity index (χ3n) is 3.34. The summed E-state index contributed by atoms with van der Waals surface area (Å²) in [7, 11) is 0. The number of aliphatic hydroxyl groups is 1. The van der Waals surface area contributed by atoms with Crippen LogP contribution in [0, 0.1) is 0 Å². The van der Waals surface area contributed by atoms with Crippen LogP contribution in [0.15, 0.2) is 24.3 Å². The van der Waals surface area contributed by atoms with Crippen molar-refractivity contribution in [3.63, 3.8) is 0 Å². The van der Waals surface area contributed by atoms with E-state index in [4.69, 9.17) is 4.74 Å². The maximum Gasteiger partial charge on any atom is 0.224 e. The van der Waals surface area contributed by atoms with Gasteiger partial charge >= 0.3 is 0 Å². The van der Waals surface area contributed by atoms with Crippen molar-refractivity contribution < 1.29 is 19.4 Å². The molecule has 6 nitrogen and oxygen atoms in total. The number of hydrogen-bond donors (Lipinski definition) is 3. The van der Waals surface area contributed by atoms with E-state index >= 15 is 0 Å². The summed E-state index contributed by atoms with van der Waals surface area (Å²) in [5, 5.41) is 15.4. The van der Waals surface area contributed by atoms with Crippen LogP contribution in [-0.2, 0) is 20.7 Å². The van der Waals surface area contributed by atoms with Crippen LogP contribution < -0.4 is 10.6 Å². The van der Waals surface area contributed by atoms with Crippen molar-refractivity contribution in [3.8, 4) is 0 Å². The van der Waals surface area contributed by atoms with Crippen molar-refractivity contribution in [1.29, 1.82) is 0 Å². The van der Waals surface area contributed by atoms with Gasteiger partial charge in [0.1, 0.15) is 5.60 Å². The van der Waals surface area contributed by atoms with Gasteiger partial charge in [0.2, 0.25) is 11.8 Å². The van der Waals surface area contributed by atoms with Crippen LogP contribution in [0.5, 0.6) is 0 Å². The SMILES string of the molecule is CC(=O)Nc1ccc(CC(=O)NCC2(O)CCOC2)cc1. The summed E-state index contributed by atoms with van der Waals surface area (Å²) in [6, 6.07) is 7.08. The number of amides is 2. The van der Waals surface area contributed by atoms with Crippen molar-refractivity contribution >= 4 is 17.5 Å². The molecule has 1 aromatic rings. The van der Waals surface area contributed by atoms with E-state index in [1.165, 1.54) is 6.92 Å². The molecule has 3 N–H and O–H groups in total. The highest BCUT2D eigenvalue weighted by molar-refractivity contribution is 5.88. The molecule has 0 bridgehead atoms. The fourth-order valence-corrected chi connectivity index (χ4v) is 2.16. The monoisotopic (exact) mass is 292 g/mol. The van der Waals surface area contributed by atoms with E-state index in [2.05, 4.69) is 10.6 Å². The summed E-state index contributed by atoms with van der Waals surface area (Å²) < 4.78 is 5.12. The normalized spacial score (nSPS) is 21.0. The van der Waals surface area contributed by atoms with Gasteiger partial charge < -0.3 is 20.5 Å². The van der Waals surface area contributed by atoms with E-state index < -0.39 is 5.60 Å². The Hall–Kier alpha value is -1.92. The van der Waals surface area contributed by atoms with E-state index in [0.29, 0.717) is 18.7 Å². The molecule has 0 aromatic heterocycles. The second-order valence-electron chi connectivity index (χ2n) is 5.36. The Bertz CT molecular complexity index is 507. The summed E-state index contributed by atoms with van der Waals surface area (Å²) >= 11 is 0. The fourth-order valence-electron chi connectivity index (χ4n) is 2.16. The van der Waals surface area contributed by atoms with Gasteiger partial charge in [-0.2, -0.15) is 0 Å². The first-order valence-electron chi connectivity index (χ1n) is 6.90. The second kappa shape index (κ2) is 6.69. The average Bonchev–Trinajstić information content (AvgIpc) is 2.86. The highest BCUT2D eigenvalue weighted by Crippen LogP contribution is 2.17. The minimum absolute atomic E-state index is 0.132. The number of benzene rings is 1. The van der Waals surface area contributed by atoms with E-state index in [1.54, 1.807) is 24.3 Å². The zero-order valence-corrected chi connectivity index (χ0v) is 12.0. The van der Waals surface area contributed by atoms with E-state index in [-0.39, 0.29) is 31.4 Å². The molecule has 0 saturated carbocycles. The quantitative estimate of drug-likeness (QED) is 0.735. The molecule has 2 amide bonds. The fraction of sp³-hybridized carbons (Fsp3) is 0.467. The van der Waals surface area contributed by atoms with Crippen LogP contribution in [0.4, 0.5) is 5.69 Å². The van der Waals surface area contributed by atoms with Gasteiger partial charge in [-0.15, -0.1) is 0 Å². The zero-order chi connectivity index (χ0) is 15.3. The summed E-state index contributed by atoms with van der Waals surface area (Å²) in [5.74, 6) is -0.282. The Morgan fingerprint density at radius 3 is 2.62 bits per heavy atom. The van der Waals surface area contributed by atoms with E-state index in [1.807, 2.05) is 0 Å². The second-order valence-corrected chi connectivity index (χ2v) is 5.36. The third kappa shape index (κ3) is 4.84. The number of hydrogen-bond acceptors (Lipinski definition) is 4. The third-order valence-corrected chi connectivity index (χ3v) is 3.34. The molecule has 1 aromatic carbocycles. The van der Waals surface area contributed by atoms with Gasteiger partial charge in [-0.05, 0) is 17.7 Å². The first kappa shape index (κ1) is 15.5. The van der Waals surface area contributed by atoms with Crippen molar-refractivity contribution in [2.24, 2.45) is 0 Å². The molecule has 1 saturated heterocycles.